The molecule has 0 atom stereocenters. The van der Waals surface area contributed by atoms with E-state index in [1.165, 1.54) is 62.5 Å². The molecule has 2 aromatic carbocycles. The Morgan fingerprint density at radius 2 is 0.871 bits per heavy atom. The number of hydrogen-bond donors (Lipinski definition) is 0. The van der Waals surface area contributed by atoms with Crippen LogP contribution in [0.4, 0.5) is 8.78 Å². The molecule has 2 aliphatic carbocycles. The maximum absolute atomic E-state index is 12.6. The zero-order valence-corrected chi connectivity index (χ0v) is 22.8. The Balaban J connectivity index is 0.000000488. The molecule has 2 fully saturated rings. The van der Waals surface area contributed by atoms with Gasteiger partial charge in [-0.1, -0.05) is 75.6 Å². The van der Waals surface area contributed by atoms with Crippen molar-refractivity contribution in [3.05, 3.63) is 86.1 Å². The fourth-order valence-corrected chi connectivity index (χ4v) is 4.34. The minimum atomic E-state index is -0.826. The predicted octanol–water partition coefficient (Wildman–Crippen LogP) is 9.39. The first-order valence-corrected chi connectivity index (χ1v) is 16.9. The van der Waals surface area contributed by atoms with Gasteiger partial charge in [-0.15, -0.1) is 0 Å². The molecule has 0 nitrogen and oxygen atoms in total. The summed E-state index contributed by atoms with van der Waals surface area (Å²) >= 11 is -0.826. The van der Waals surface area contributed by atoms with Crippen LogP contribution in [0.3, 0.4) is 0 Å². The summed E-state index contributed by atoms with van der Waals surface area (Å²) in [6.07, 6.45) is 13.2. The summed E-state index contributed by atoms with van der Waals surface area (Å²) in [6, 6.07) is 13.9. The summed E-state index contributed by atoms with van der Waals surface area (Å²) in [7, 11) is 9.87. The number of halogens is 4. The average Bonchev–Trinajstić information content (AvgIpc) is 3.41. The van der Waals surface area contributed by atoms with Crippen molar-refractivity contribution in [2.24, 2.45) is 11.8 Å². The van der Waals surface area contributed by atoms with Crippen LogP contribution in [0, 0.1) is 38.3 Å². The van der Waals surface area contributed by atoms with Gasteiger partial charge in [-0.05, 0) is 60.1 Å². The van der Waals surface area contributed by atoms with Crippen LogP contribution in [0.25, 0.3) is 0 Å². The first-order chi connectivity index (χ1) is 14.1. The van der Waals surface area contributed by atoms with E-state index in [0.717, 1.165) is 24.7 Å². The van der Waals surface area contributed by atoms with Crippen molar-refractivity contribution in [1.29, 1.82) is 0 Å². The Morgan fingerprint density at radius 1 is 0.613 bits per heavy atom. The zero-order valence-electron chi connectivity index (χ0n) is 18.9. The zero-order chi connectivity index (χ0) is 20.9. The molecule has 0 unspecified atom stereocenters. The van der Waals surface area contributed by atoms with Gasteiger partial charge in [0.2, 0.25) is 0 Å². The molecular formula is C26H36Cl2F2Zr. The molecule has 0 heterocycles. The van der Waals surface area contributed by atoms with Gasteiger partial charge >= 0.3 is 37.9 Å². The van der Waals surface area contributed by atoms with Crippen LogP contribution in [-0.2, 0) is 33.7 Å². The first kappa shape index (κ1) is 30.8. The molecule has 0 bridgehead atoms. The van der Waals surface area contributed by atoms with Crippen LogP contribution in [0.15, 0.2) is 48.5 Å². The van der Waals surface area contributed by atoms with Crippen LogP contribution >= 0.6 is 17.0 Å². The van der Waals surface area contributed by atoms with E-state index in [2.05, 4.69) is 0 Å². The van der Waals surface area contributed by atoms with Crippen LogP contribution in [0.5, 0.6) is 0 Å². The Kier molecular flexibility index (Phi) is 18.1. The van der Waals surface area contributed by atoms with Crippen molar-refractivity contribution in [1.82, 2.24) is 0 Å². The maximum atomic E-state index is 12.6. The molecule has 2 aliphatic rings. The third-order valence-electron chi connectivity index (χ3n) is 5.82. The normalized spacial score (nSPS) is 15.4. The van der Waals surface area contributed by atoms with Gasteiger partial charge in [-0.25, -0.2) is 8.78 Å². The SMILES string of the molecule is Fc1ccc(CC2CCCC2)cc1.Fc1ccc(CC2CCCC2)cc1.[CH3-].[CH3-].[Cl][Zr+2][Cl]. The second-order valence-electron chi connectivity index (χ2n) is 8.03. The number of benzene rings is 2. The van der Waals surface area contributed by atoms with Gasteiger partial charge in [0.1, 0.15) is 11.6 Å². The Hall–Kier alpha value is -0.237. The van der Waals surface area contributed by atoms with Crippen LogP contribution in [0.1, 0.15) is 62.5 Å². The monoisotopic (exact) mass is 546 g/mol. The molecule has 0 amide bonds. The minimum absolute atomic E-state index is 0. The molecule has 5 heteroatoms. The van der Waals surface area contributed by atoms with Gasteiger partial charge in [0, 0.05) is 0 Å². The van der Waals surface area contributed by atoms with Crippen molar-refractivity contribution in [3.63, 3.8) is 0 Å². The Labute approximate surface area is 207 Å². The number of hydrogen-bond acceptors (Lipinski definition) is 0. The summed E-state index contributed by atoms with van der Waals surface area (Å²) in [5.74, 6) is 1.45. The standard InChI is InChI=1S/2C12H15F.2CH3.2ClH.Zr/c2*13-12-7-5-11(6-8-12)9-10-3-1-2-4-10;;;;;/h2*5-8,10H,1-4,9H2;2*1H3;2*1H;/q;;2*-1;;;+4/p-2. The summed E-state index contributed by atoms with van der Waals surface area (Å²) < 4.78 is 25.2. The third-order valence-corrected chi connectivity index (χ3v) is 5.82. The summed E-state index contributed by atoms with van der Waals surface area (Å²) in [6.45, 7) is 0. The molecule has 0 aliphatic heterocycles. The van der Waals surface area contributed by atoms with Gasteiger partial charge in [0.15, 0.2) is 0 Å². The molecule has 31 heavy (non-hydrogen) atoms. The van der Waals surface area contributed by atoms with E-state index in [4.69, 9.17) is 17.0 Å². The second-order valence-corrected chi connectivity index (χ2v) is 11.8. The molecule has 4 rings (SSSR count). The third kappa shape index (κ3) is 13.2. The number of rotatable bonds is 4. The van der Waals surface area contributed by atoms with E-state index in [-0.39, 0.29) is 26.5 Å². The molecule has 0 saturated heterocycles. The van der Waals surface area contributed by atoms with Gasteiger partial charge in [-0.2, -0.15) is 0 Å². The predicted molar refractivity (Wildman–Crippen MR) is 129 cm³/mol. The molecule has 0 spiro atoms. The fourth-order valence-electron chi connectivity index (χ4n) is 4.34. The molecule has 0 N–H and O–H groups in total. The van der Waals surface area contributed by atoms with E-state index in [0.29, 0.717) is 0 Å². The quantitative estimate of drug-likeness (QED) is 0.334. The molecule has 172 valence electrons. The molecular weight excluding hydrogens is 512 g/mol. The van der Waals surface area contributed by atoms with Gasteiger partial charge in [0.05, 0.1) is 0 Å². The van der Waals surface area contributed by atoms with Gasteiger partial charge in [-0.3, -0.25) is 0 Å². The van der Waals surface area contributed by atoms with E-state index >= 15 is 0 Å². The molecule has 2 saturated carbocycles. The molecule has 0 radical (unpaired) electrons. The van der Waals surface area contributed by atoms with E-state index in [1.807, 2.05) is 24.3 Å². The van der Waals surface area contributed by atoms with E-state index < -0.39 is 20.8 Å². The van der Waals surface area contributed by atoms with E-state index in [9.17, 15) is 8.78 Å². The van der Waals surface area contributed by atoms with Crippen LogP contribution in [0.2, 0.25) is 0 Å². The van der Waals surface area contributed by atoms with Crippen molar-refractivity contribution in [3.8, 4) is 0 Å². The second kappa shape index (κ2) is 18.2. The molecule has 2 aromatic rings. The van der Waals surface area contributed by atoms with Crippen molar-refractivity contribution in [2.75, 3.05) is 0 Å². The van der Waals surface area contributed by atoms with Crippen molar-refractivity contribution < 1.29 is 29.6 Å². The topological polar surface area (TPSA) is 0 Å². The summed E-state index contributed by atoms with van der Waals surface area (Å²) in [4.78, 5) is 0. The van der Waals surface area contributed by atoms with Gasteiger partial charge < -0.3 is 14.9 Å². The van der Waals surface area contributed by atoms with Crippen LogP contribution in [-0.4, -0.2) is 0 Å². The Morgan fingerprint density at radius 3 is 1.13 bits per heavy atom. The van der Waals surface area contributed by atoms with E-state index in [1.54, 1.807) is 24.3 Å². The molecule has 0 aromatic heterocycles. The summed E-state index contributed by atoms with van der Waals surface area (Å²) in [5.41, 5.74) is 2.57. The fraction of sp³-hybridized carbons (Fsp3) is 0.462. The Bertz CT molecular complexity index is 605. The van der Waals surface area contributed by atoms with Gasteiger partial charge in [0.25, 0.3) is 0 Å². The van der Waals surface area contributed by atoms with Crippen molar-refractivity contribution >= 4 is 17.0 Å². The average molecular weight is 549 g/mol. The van der Waals surface area contributed by atoms with Crippen LogP contribution < -0.4 is 0 Å². The first-order valence-electron chi connectivity index (χ1n) is 10.6. The summed E-state index contributed by atoms with van der Waals surface area (Å²) in [5, 5.41) is 0. The van der Waals surface area contributed by atoms with Crippen molar-refractivity contribution in [2.45, 2.75) is 64.2 Å².